The first-order valence-electron chi connectivity index (χ1n) is 8.36. The molecule has 0 aliphatic rings. The quantitative estimate of drug-likeness (QED) is 0.492. The third kappa shape index (κ3) is 5.42. The van der Waals surface area contributed by atoms with Gasteiger partial charge in [0.15, 0.2) is 5.82 Å². The average Bonchev–Trinajstić information content (AvgIpc) is 2.67. The predicted octanol–water partition coefficient (Wildman–Crippen LogP) is 5.65. The maximum atomic E-state index is 13.9. The summed E-state index contributed by atoms with van der Waals surface area (Å²) in [6.07, 6.45) is -2.47. The van der Waals surface area contributed by atoms with Crippen molar-refractivity contribution in [3.8, 4) is 6.01 Å². The van der Waals surface area contributed by atoms with Crippen molar-refractivity contribution in [2.45, 2.75) is 25.6 Å². The van der Waals surface area contributed by atoms with Crippen molar-refractivity contribution >= 4 is 11.6 Å². The van der Waals surface area contributed by atoms with Crippen LogP contribution in [0.4, 0.5) is 17.6 Å². The molecule has 3 rings (SSSR count). The summed E-state index contributed by atoms with van der Waals surface area (Å²) in [6, 6.07) is 11.8. The highest BCUT2D eigenvalue weighted by Gasteiger charge is 2.29. The fraction of sp³-hybridized carbons (Fsp3) is 0.200. The fourth-order valence-electron chi connectivity index (χ4n) is 2.48. The predicted molar refractivity (Wildman–Crippen MR) is 96.6 cm³/mol. The topological polar surface area (TPSA) is 35.0 Å². The number of rotatable bonds is 6. The molecule has 0 fully saturated rings. The van der Waals surface area contributed by atoms with Crippen LogP contribution in [-0.2, 0) is 25.6 Å². The van der Waals surface area contributed by atoms with E-state index in [-0.39, 0.29) is 18.3 Å². The summed E-state index contributed by atoms with van der Waals surface area (Å²) in [5, 5.41) is 0.621. The molecule has 8 heteroatoms. The zero-order chi connectivity index (χ0) is 20.1. The first-order chi connectivity index (χ1) is 13.3. The van der Waals surface area contributed by atoms with Crippen LogP contribution in [0.2, 0.25) is 5.02 Å². The molecular formula is C20H15ClF4N2O. The van der Waals surface area contributed by atoms with Gasteiger partial charge in [-0.25, -0.2) is 9.37 Å². The molecule has 0 radical (unpaired) electrons. The first-order valence-corrected chi connectivity index (χ1v) is 8.74. The summed E-state index contributed by atoms with van der Waals surface area (Å²) in [7, 11) is 0. The van der Waals surface area contributed by atoms with Crippen LogP contribution in [-0.4, -0.2) is 9.97 Å². The number of nitrogens with zero attached hydrogens (tertiary/aromatic N) is 2. The van der Waals surface area contributed by atoms with Crippen LogP contribution < -0.4 is 4.74 Å². The van der Waals surface area contributed by atoms with Crippen LogP contribution in [0.3, 0.4) is 0 Å². The SMILES string of the molecule is Fc1cnc(OCc2ccc(C(F)(F)F)cc2)nc1CCc1ccc(Cl)cc1. The largest absolute Gasteiger partial charge is 0.459 e. The molecule has 0 spiro atoms. The molecule has 3 nitrogen and oxygen atoms in total. The highest BCUT2D eigenvalue weighted by molar-refractivity contribution is 6.30. The van der Waals surface area contributed by atoms with Gasteiger partial charge in [0.05, 0.1) is 17.5 Å². The molecule has 28 heavy (non-hydrogen) atoms. The van der Waals surface area contributed by atoms with Crippen molar-refractivity contribution < 1.29 is 22.3 Å². The fourth-order valence-corrected chi connectivity index (χ4v) is 2.61. The Kier molecular flexibility index (Phi) is 6.14. The molecule has 0 aliphatic heterocycles. The minimum atomic E-state index is -4.39. The standard InChI is InChI=1S/C20H15ClF4N2O/c21-16-8-3-13(4-9-16)5-10-18-17(22)11-26-19(27-18)28-12-14-1-6-15(7-2-14)20(23,24)25/h1-4,6-9,11H,5,10,12H2. The van der Waals surface area contributed by atoms with Gasteiger partial charge < -0.3 is 4.74 Å². The van der Waals surface area contributed by atoms with E-state index in [0.29, 0.717) is 23.4 Å². The van der Waals surface area contributed by atoms with Gasteiger partial charge in [-0.3, -0.25) is 0 Å². The van der Waals surface area contributed by atoms with Gasteiger partial charge in [0.1, 0.15) is 6.61 Å². The molecular weight excluding hydrogens is 396 g/mol. The third-order valence-corrected chi connectivity index (χ3v) is 4.26. The molecule has 0 aliphatic carbocycles. The molecule has 146 valence electrons. The second-order valence-electron chi connectivity index (χ2n) is 6.06. The summed E-state index contributed by atoms with van der Waals surface area (Å²) >= 11 is 5.84. The van der Waals surface area contributed by atoms with Gasteiger partial charge in [-0.2, -0.15) is 18.2 Å². The van der Waals surface area contributed by atoms with Crippen LogP contribution in [0.5, 0.6) is 6.01 Å². The Morgan fingerprint density at radius 3 is 2.18 bits per heavy atom. The number of aromatic nitrogens is 2. The smallest absolute Gasteiger partial charge is 0.416 e. The lowest BCUT2D eigenvalue weighted by molar-refractivity contribution is -0.137. The van der Waals surface area contributed by atoms with E-state index >= 15 is 0 Å². The molecule has 1 aromatic heterocycles. The molecule has 0 bridgehead atoms. The Hall–Kier alpha value is -2.67. The zero-order valence-corrected chi connectivity index (χ0v) is 15.3. The second-order valence-corrected chi connectivity index (χ2v) is 6.49. The molecule has 2 aromatic carbocycles. The summed E-state index contributed by atoms with van der Waals surface area (Å²) in [4.78, 5) is 7.83. The van der Waals surface area contributed by atoms with Gasteiger partial charge >= 0.3 is 12.2 Å². The van der Waals surface area contributed by atoms with Crippen molar-refractivity contribution in [3.63, 3.8) is 0 Å². The third-order valence-electron chi connectivity index (χ3n) is 4.01. The van der Waals surface area contributed by atoms with Crippen molar-refractivity contribution in [1.82, 2.24) is 9.97 Å². The monoisotopic (exact) mass is 410 g/mol. The van der Waals surface area contributed by atoms with E-state index in [4.69, 9.17) is 16.3 Å². The van der Waals surface area contributed by atoms with E-state index in [1.165, 1.54) is 12.1 Å². The normalized spacial score (nSPS) is 11.5. The number of hydrogen-bond acceptors (Lipinski definition) is 3. The highest BCUT2D eigenvalue weighted by atomic mass is 35.5. The van der Waals surface area contributed by atoms with Crippen LogP contribution in [0.25, 0.3) is 0 Å². The van der Waals surface area contributed by atoms with E-state index in [9.17, 15) is 17.6 Å². The maximum absolute atomic E-state index is 13.9. The van der Waals surface area contributed by atoms with Crippen LogP contribution in [0.15, 0.2) is 54.7 Å². The van der Waals surface area contributed by atoms with Crippen molar-refractivity contribution in [1.29, 1.82) is 0 Å². The molecule has 0 atom stereocenters. The Morgan fingerprint density at radius 1 is 0.893 bits per heavy atom. The van der Waals surface area contributed by atoms with Gasteiger partial charge in [0.25, 0.3) is 0 Å². The van der Waals surface area contributed by atoms with E-state index in [1.807, 2.05) is 12.1 Å². The van der Waals surface area contributed by atoms with Crippen molar-refractivity contribution in [2.75, 3.05) is 0 Å². The lowest BCUT2D eigenvalue weighted by Gasteiger charge is -2.09. The highest BCUT2D eigenvalue weighted by Crippen LogP contribution is 2.29. The Morgan fingerprint density at radius 2 is 1.54 bits per heavy atom. The number of ether oxygens (including phenoxy) is 1. The number of alkyl halides is 3. The lowest BCUT2D eigenvalue weighted by Crippen LogP contribution is -2.06. The van der Waals surface area contributed by atoms with Crippen LogP contribution >= 0.6 is 11.6 Å². The molecule has 0 amide bonds. The number of aryl methyl sites for hydroxylation is 2. The van der Waals surface area contributed by atoms with Crippen molar-refractivity contribution in [3.05, 3.63) is 88.0 Å². The maximum Gasteiger partial charge on any atom is 0.416 e. The van der Waals surface area contributed by atoms with E-state index < -0.39 is 17.6 Å². The Bertz CT molecular complexity index is 928. The van der Waals surface area contributed by atoms with Gasteiger partial charge in [0, 0.05) is 5.02 Å². The Balaban J connectivity index is 1.61. The second kappa shape index (κ2) is 8.56. The molecule has 0 N–H and O–H groups in total. The average molecular weight is 411 g/mol. The molecule has 0 unspecified atom stereocenters. The van der Waals surface area contributed by atoms with E-state index in [2.05, 4.69) is 9.97 Å². The summed E-state index contributed by atoms with van der Waals surface area (Å²) in [5.74, 6) is -0.546. The van der Waals surface area contributed by atoms with Crippen molar-refractivity contribution in [2.24, 2.45) is 0 Å². The molecule has 1 heterocycles. The van der Waals surface area contributed by atoms with E-state index in [0.717, 1.165) is 23.9 Å². The van der Waals surface area contributed by atoms with Gasteiger partial charge in [-0.05, 0) is 48.2 Å². The van der Waals surface area contributed by atoms with Crippen LogP contribution in [0.1, 0.15) is 22.4 Å². The van der Waals surface area contributed by atoms with Gasteiger partial charge in [0.2, 0.25) is 0 Å². The molecule has 3 aromatic rings. The first kappa shape index (κ1) is 20.1. The van der Waals surface area contributed by atoms with Gasteiger partial charge in [-0.1, -0.05) is 35.9 Å². The minimum Gasteiger partial charge on any atom is -0.459 e. The molecule has 0 saturated heterocycles. The molecule has 0 saturated carbocycles. The zero-order valence-electron chi connectivity index (χ0n) is 14.5. The number of hydrogen-bond donors (Lipinski definition) is 0. The Labute approximate surface area is 164 Å². The van der Waals surface area contributed by atoms with E-state index in [1.54, 1.807) is 12.1 Å². The number of halogens is 5. The minimum absolute atomic E-state index is 0.0274. The number of benzene rings is 2. The van der Waals surface area contributed by atoms with Crippen LogP contribution in [0, 0.1) is 5.82 Å². The summed E-state index contributed by atoms with van der Waals surface area (Å²) in [6.45, 7) is -0.0274. The summed E-state index contributed by atoms with van der Waals surface area (Å²) < 4.78 is 57.1. The lowest BCUT2D eigenvalue weighted by atomic mass is 10.1. The van der Waals surface area contributed by atoms with Gasteiger partial charge in [-0.15, -0.1) is 0 Å². The summed E-state index contributed by atoms with van der Waals surface area (Å²) in [5.41, 5.74) is 0.962.